The number of likely N-dealkylation sites (tertiary alicyclic amines) is 1. The molecule has 0 spiro atoms. The molecule has 1 amide bonds. The molecule has 0 saturated carbocycles. The highest BCUT2D eigenvalue weighted by molar-refractivity contribution is 5.93. The van der Waals surface area contributed by atoms with Crippen LogP contribution in [0.4, 0.5) is 0 Å². The summed E-state index contributed by atoms with van der Waals surface area (Å²) in [4.78, 5) is 21.4. The number of hydrogen-bond acceptors (Lipinski definition) is 6. The Morgan fingerprint density at radius 1 is 1.36 bits per heavy atom. The Morgan fingerprint density at radius 2 is 2.24 bits per heavy atom. The number of amides is 1. The van der Waals surface area contributed by atoms with Crippen molar-refractivity contribution in [3.63, 3.8) is 0 Å². The second kappa shape index (κ2) is 8.47. The molecule has 25 heavy (non-hydrogen) atoms. The molecule has 0 aromatic carbocycles. The smallest absolute Gasteiger partial charge is 0.252 e. The van der Waals surface area contributed by atoms with Crippen molar-refractivity contribution in [2.24, 2.45) is 0 Å². The first-order valence-corrected chi connectivity index (χ1v) is 9.30. The number of aromatic nitrogens is 2. The molecule has 3 heterocycles. The van der Waals surface area contributed by atoms with E-state index in [1.54, 1.807) is 6.26 Å². The maximum Gasteiger partial charge on any atom is 0.252 e. The fraction of sp³-hybridized carbons (Fsp3) is 0.722. The lowest BCUT2D eigenvalue weighted by molar-refractivity contribution is -0.127. The summed E-state index contributed by atoms with van der Waals surface area (Å²) in [6, 6.07) is 0.443. The molecule has 2 aliphatic heterocycles. The zero-order valence-electron chi connectivity index (χ0n) is 15.2. The maximum atomic E-state index is 12.7. The lowest BCUT2D eigenvalue weighted by Gasteiger charge is -2.29. The second-order valence-electron chi connectivity index (χ2n) is 6.79. The van der Waals surface area contributed by atoms with Gasteiger partial charge >= 0.3 is 0 Å². The van der Waals surface area contributed by atoms with Crippen molar-refractivity contribution in [2.45, 2.75) is 58.5 Å². The van der Waals surface area contributed by atoms with Crippen molar-refractivity contribution in [1.82, 2.24) is 19.9 Å². The SMILES string of the molecule is CCN(Cc1noc(C)n1)[C@H]1CCCN(C(=O)C2=COCCC2)CC1. The quantitative estimate of drug-likeness (QED) is 0.813. The number of hydrogen-bond donors (Lipinski definition) is 0. The molecule has 0 aliphatic carbocycles. The molecular weight excluding hydrogens is 320 g/mol. The summed E-state index contributed by atoms with van der Waals surface area (Å²) >= 11 is 0. The van der Waals surface area contributed by atoms with Crippen molar-refractivity contribution in [2.75, 3.05) is 26.2 Å². The van der Waals surface area contributed by atoms with Gasteiger partial charge in [0.05, 0.1) is 25.0 Å². The Labute approximate surface area is 149 Å². The van der Waals surface area contributed by atoms with Gasteiger partial charge in [-0.3, -0.25) is 9.69 Å². The third kappa shape index (κ3) is 4.60. The van der Waals surface area contributed by atoms with Crippen LogP contribution in [0.25, 0.3) is 0 Å². The van der Waals surface area contributed by atoms with Gasteiger partial charge in [0, 0.05) is 26.1 Å². The molecule has 0 radical (unpaired) electrons. The van der Waals surface area contributed by atoms with Gasteiger partial charge in [-0.05, 0) is 38.6 Å². The minimum absolute atomic E-state index is 0.150. The molecule has 0 N–H and O–H groups in total. The Kier molecular flexibility index (Phi) is 6.07. The first-order chi connectivity index (χ1) is 12.2. The first kappa shape index (κ1) is 17.9. The fourth-order valence-corrected chi connectivity index (χ4v) is 3.66. The van der Waals surface area contributed by atoms with Crippen molar-refractivity contribution in [3.05, 3.63) is 23.6 Å². The molecule has 1 atom stereocenters. The lowest BCUT2D eigenvalue weighted by Crippen LogP contribution is -2.37. The van der Waals surface area contributed by atoms with Crippen molar-refractivity contribution in [1.29, 1.82) is 0 Å². The zero-order chi connectivity index (χ0) is 17.6. The van der Waals surface area contributed by atoms with Crippen LogP contribution < -0.4 is 0 Å². The highest BCUT2D eigenvalue weighted by Gasteiger charge is 2.27. The van der Waals surface area contributed by atoms with Crippen molar-refractivity contribution < 1.29 is 14.1 Å². The standard InChI is InChI=1S/C18H28N4O3/c1-3-21(12-17-19-14(2)25-20-17)16-7-4-9-22(10-8-16)18(23)15-6-5-11-24-13-15/h13,16H,3-12H2,1-2H3/t16-/m0/s1. The number of aryl methyl sites for hydroxylation is 1. The number of ether oxygens (including phenoxy) is 1. The Balaban J connectivity index is 1.58. The molecule has 1 aromatic rings. The first-order valence-electron chi connectivity index (χ1n) is 9.30. The Bertz CT molecular complexity index is 613. The largest absolute Gasteiger partial charge is 0.501 e. The number of carbonyl (C=O) groups is 1. The van der Waals surface area contributed by atoms with E-state index in [9.17, 15) is 4.79 Å². The predicted molar refractivity (Wildman–Crippen MR) is 92.6 cm³/mol. The van der Waals surface area contributed by atoms with Gasteiger partial charge in [-0.2, -0.15) is 4.98 Å². The van der Waals surface area contributed by atoms with Gasteiger partial charge in [-0.1, -0.05) is 12.1 Å². The van der Waals surface area contributed by atoms with Gasteiger partial charge < -0.3 is 14.2 Å². The van der Waals surface area contributed by atoms with Gasteiger partial charge in [0.25, 0.3) is 5.91 Å². The van der Waals surface area contributed by atoms with E-state index in [-0.39, 0.29) is 5.91 Å². The van der Waals surface area contributed by atoms with Crippen molar-refractivity contribution >= 4 is 5.91 Å². The van der Waals surface area contributed by atoms with Gasteiger partial charge in [0.2, 0.25) is 5.89 Å². The van der Waals surface area contributed by atoms with Crippen LogP contribution in [0.5, 0.6) is 0 Å². The number of carbonyl (C=O) groups excluding carboxylic acids is 1. The van der Waals surface area contributed by atoms with Gasteiger partial charge in [0.1, 0.15) is 0 Å². The van der Waals surface area contributed by atoms with Crippen LogP contribution in [-0.4, -0.2) is 58.1 Å². The molecule has 0 bridgehead atoms. The van der Waals surface area contributed by atoms with Crippen LogP contribution >= 0.6 is 0 Å². The van der Waals surface area contributed by atoms with Gasteiger partial charge in [-0.25, -0.2) is 0 Å². The minimum Gasteiger partial charge on any atom is -0.501 e. The average Bonchev–Trinajstić information content (AvgIpc) is 2.91. The summed E-state index contributed by atoms with van der Waals surface area (Å²) in [5.41, 5.74) is 0.819. The topological polar surface area (TPSA) is 71.7 Å². The third-order valence-corrected chi connectivity index (χ3v) is 5.03. The third-order valence-electron chi connectivity index (χ3n) is 5.03. The zero-order valence-corrected chi connectivity index (χ0v) is 15.2. The van der Waals surface area contributed by atoms with Crippen LogP contribution in [0, 0.1) is 6.92 Å². The monoisotopic (exact) mass is 348 g/mol. The Hall–Kier alpha value is -1.89. The van der Waals surface area contributed by atoms with Gasteiger partial charge in [-0.15, -0.1) is 0 Å². The molecule has 2 aliphatic rings. The maximum absolute atomic E-state index is 12.7. The molecule has 0 unspecified atom stereocenters. The predicted octanol–water partition coefficient (Wildman–Crippen LogP) is 2.28. The molecule has 138 valence electrons. The molecule has 3 rings (SSSR count). The van der Waals surface area contributed by atoms with Crippen LogP contribution in [-0.2, 0) is 16.1 Å². The van der Waals surface area contributed by atoms with Crippen LogP contribution in [0.1, 0.15) is 50.7 Å². The van der Waals surface area contributed by atoms with Crippen LogP contribution in [0.15, 0.2) is 16.4 Å². The fourth-order valence-electron chi connectivity index (χ4n) is 3.66. The number of nitrogens with zero attached hydrogens (tertiary/aromatic N) is 4. The highest BCUT2D eigenvalue weighted by Crippen LogP contribution is 2.21. The molecule has 1 fully saturated rings. The summed E-state index contributed by atoms with van der Waals surface area (Å²) in [5, 5.41) is 4.01. The van der Waals surface area contributed by atoms with E-state index in [2.05, 4.69) is 22.0 Å². The van der Waals surface area contributed by atoms with E-state index in [0.29, 0.717) is 18.5 Å². The van der Waals surface area contributed by atoms with Crippen LogP contribution in [0.3, 0.4) is 0 Å². The summed E-state index contributed by atoms with van der Waals surface area (Å²) < 4.78 is 10.4. The van der Waals surface area contributed by atoms with E-state index in [1.165, 1.54) is 0 Å². The van der Waals surface area contributed by atoms with Gasteiger partial charge in [0.15, 0.2) is 5.82 Å². The summed E-state index contributed by atoms with van der Waals surface area (Å²) in [6.45, 7) is 7.95. The molecule has 1 saturated heterocycles. The molecule has 1 aromatic heterocycles. The van der Waals surface area contributed by atoms with E-state index in [0.717, 1.165) is 69.7 Å². The Morgan fingerprint density at radius 3 is 2.92 bits per heavy atom. The molecule has 7 nitrogen and oxygen atoms in total. The lowest BCUT2D eigenvalue weighted by atomic mass is 10.1. The molecule has 7 heteroatoms. The minimum atomic E-state index is 0.150. The summed E-state index contributed by atoms with van der Waals surface area (Å²) in [5.74, 6) is 1.49. The normalized spacial score (nSPS) is 21.6. The van der Waals surface area contributed by atoms with Crippen molar-refractivity contribution in [3.8, 4) is 0 Å². The average molecular weight is 348 g/mol. The van der Waals surface area contributed by atoms with Crippen LogP contribution in [0.2, 0.25) is 0 Å². The highest BCUT2D eigenvalue weighted by atomic mass is 16.5. The number of rotatable bonds is 5. The molecular formula is C18H28N4O3. The van der Waals surface area contributed by atoms with E-state index >= 15 is 0 Å². The van der Waals surface area contributed by atoms with E-state index in [4.69, 9.17) is 9.26 Å². The van der Waals surface area contributed by atoms with E-state index < -0.39 is 0 Å². The second-order valence-corrected chi connectivity index (χ2v) is 6.79. The van der Waals surface area contributed by atoms with E-state index in [1.807, 2.05) is 11.8 Å². The summed E-state index contributed by atoms with van der Waals surface area (Å²) in [6.07, 6.45) is 6.50. The summed E-state index contributed by atoms with van der Waals surface area (Å²) in [7, 11) is 0.